The molecule has 0 unspecified atom stereocenters. The van der Waals surface area contributed by atoms with E-state index in [0.717, 1.165) is 9.04 Å². The SMILES string of the molecule is CC1=C(C)C(C)([Si][Si])C(C)=C1C. The molecule has 0 spiro atoms. The molecule has 0 aromatic carbocycles. The van der Waals surface area contributed by atoms with Crippen molar-refractivity contribution in [3.8, 4) is 0 Å². The highest BCUT2D eigenvalue weighted by molar-refractivity contribution is 6.92. The van der Waals surface area contributed by atoms with Crippen molar-refractivity contribution in [2.75, 3.05) is 0 Å². The quantitative estimate of drug-likeness (QED) is 0.559. The third-order valence-corrected chi connectivity index (χ3v) is 6.19. The van der Waals surface area contributed by atoms with E-state index in [0.29, 0.717) is 5.04 Å². The maximum absolute atomic E-state index is 3.68. The Kier molecular flexibility index (Phi) is 2.50. The van der Waals surface area contributed by atoms with Gasteiger partial charge in [0.15, 0.2) is 0 Å². The summed E-state index contributed by atoms with van der Waals surface area (Å²) in [6.45, 7) is 11.3. The first-order valence-corrected chi connectivity index (χ1v) is 6.75. The summed E-state index contributed by atoms with van der Waals surface area (Å²) in [4.78, 5) is 0. The minimum absolute atomic E-state index is 0.297. The molecule has 12 heavy (non-hydrogen) atoms. The molecular formula is C10H15Si2. The summed E-state index contributed by atoms with van der Waals surface area (Å²) in [6, 6.07) is 0. The molecule has 63 valence electrons. The third-order valence-electron chi connectivity index (χ3n) is 3.44. The van der Waals surface area contributed by atoms with Crippen LogP contribution in [-0.2, 0) is 0 Å². The molecule has 2 heteroatoms. The van der Waals surface area contributed by atoms with Crippen molar-refractivity contribution in [1.29, 1.82) is 0 Å². The Balaban J connectivity index is 3.25. The molecule has 0 saturated carbocycles. The molecule has 0 fully saturated rings. The fraction of sp³-hybridized carbons (Fsp3) is 0.600. The minimum Gasteiger partial charge on any atom is -0.0638 e. The van der Waals surface area contributed by atoms with E-state index < -0.39 is 0 Å². The van der Waals surface area contributed by atoms with E-state index >= 15 is 0 Å². The smallest absolute Gasteiger partial charge is 0.0373 e. The third kappa shape index (κ3) is 1.09. The van der Waals surface area contributed by atoms with Crippen LogP contribution in [0.15, 0.2) is 22.3 Å². The van der Waals surface area contributed by atoms with E-state index in [1.807, 2.05) is 0 Å². The van der Waals surface area contributed by atoms with Gasteiger partial charge in [0, 0.05) is 18.8 Å². The molecule has 0 aromatic heterocycles. The maximum Gasteiger partial charge on any atom is 0.0373 e. The first-order valence-electron chi connectivity index (χ1n) is 4.25. The van der Waals surface area contributed by atoms with Gasteiger partial charge in [-0.25, -0.2) is 0 Å². The lowest BCUT2D eigenvalue weighted by Gasteiger charge is -2.26. The molecule has 1 rings (SSSR count). The van der Waals surface area contributed by atoms with Crippen molar-refractivity contribution in [3.05, 3.63) is 22.3 Å². The molecule has 0 atom stereocenters. The van der Waals surface area contributed by atoms with E-state index in [9.17, 15) is 0 Å². The summed E-state index contributed by atoms with van der Waals surface area (Å²) in [5, 5.41) is 0.297. The van der Waals surface area contributed by atoms with Crippen molar-refractivity contribution in [3.63, 3.8) is 0 Å². The van der Waals surface area contributed by atoms with Gasteiger partial charge in [0.1, 0.15) is 0 Å². The van der Waals surface area contributed by atoms with Crippen LogP contribution in [0.1, 0.15) is 34.6 Å². The largest absolute Gasteiger partial charge is 0.0638 e. The summed E-state index contributed by atoms with van der Waals surface area (Å²) in [5.41, 5.74) is 6.04. The summed E-state index contributed by atoms with van der Waals surface area (Å²) in [6.07, 6.45) is 0. The van der Waals surface area contributed by atoms with Crippen LogP contribution in [0, 0.1) is 0 Å². The Labute approximate surface area is 81.2 Å². The second-order valence-electron chi connectivity index (χ2n) is 3.75. The van der Waals surface area contributed by atoms with Crippen molar-refractivity contribution >= 4 is 18.8 Å². The highest BCUT2D eigenvalue weighted by atomic mass is 29.1. The molecule has 5 radical (unpaired) electrons. The Bertz CT molecular complexity index is 248. The minimum atomic E-state index is 0.297. The highest BCUT2D eigenvalue weighted by Crippen LogP contribution is 2.50. The van der Waals surface area contributed by atoms with Crippen molar-refractivity contribution in [2.45, 2.75) is 39.7 Å². The van der Waals surface area contributed by atoms with Gasteiger partial charge in [0.25, 0.3) is 0 Å². The van der Waals surface area contributed by atoms with Gasteiger partial charge in [0.05, 0.1) is 0 Å². The molecule has 0 N–H and O–H groups in total. The van der Waals surface area contributed by atoms with Gasteiger partial charge < -0.3 is 0 Å². The Morgan fingerprint density at radius 3 is 1.50 bits per heavy atom. The zero-order valence-electron chi connectivity index (χ0n) is 8.50. The summed E-state index contributed by atoms with van der Waals surface area (Å²) < 4.78 is 0. The molecule has 1 aliphatic rings. The molecule has 0 nitrogen and oxygen atoms in total. The normalized spacial score (nSPS) is 22.5. The average Bonchev–Trinajstić information content (AvgIpc) is 2.22. The van der Waals surface area contributed by atoms with Crippen LogP contribution in [0.3, 0.4) is 0 Å². The molecular weight excluding hydrogens is 176 g/mol. The maximum atomic E-state index is 3.68. The zero-order valence-corrected chi connectivity index (χ0v) is 10.5. The standard InChI is InChI=1S/C10H15Si2/c1-6-7(2)9(4)10(5,12-11)8(6)3/h1-5H3. The Hall–Kier alpha value is -0.0862. The first kappa shape index (κ1) is 10.00. The van der Waals surface area contributed by atoms with E-state index in [-0.39, 0.29) is 0 Å². The van der Waals surface area contributed by atoms with Crippen LogP contribution in [0.5, 0.6) is 0 Å². The number of allylic oxidation sites excluding steroid dienone is 4. The van der Waals surface area contributed by atoms with E-state index in [4.69, 9.17) is 0 Å². The molecule has 0 heterocycles. The van der Waals surface area contributed by atoms with Gasteiger partial charge in [-0.2, -0.15) is 0 Å². The monoisotopic (exact) mass is 191 g/mol. The molecule has 0 bridgehead atoms. The van der Waals surface area contributed by atoms with Gasteiger partial charge >= 0.3 is 0 Å². The molecule has 0 amide bonds. The lowest BCUT2D eigenvalue weighted by Crippen LogP contribution is -2.18. The average molecular weight is 191 g/mol. The number of hydrogen-bond acceptors (Lipinski definition) is 0. The predicted octanol–water partition coefficient (Wildman–Crippen LogP) is 2.64. The molecule has 0 saturated heterocycles. The summed E-state index contributed by atoms with van der Waals surface area (Å²) in [5.74, 6) is 0. The van der Waals surface area contributed by atoms with Crippen LogP contribution in [-0.4, -0.2) is 18.8 Å². The van der Waals surface area contributed by atoms with Gasteiger partial charge in [-0.1, -0.05) is 18.1 Å². The van der Waals surface area contributed by atoms with Gasteiger partial charge in [-0.3, -0.25) is 0 Å². The van der Waals surface area contributed by atoms with Gasteiger partial charge in [-0.05, 0) is 43.9 Å². The van der Waals surface area contributed by atoms with E-state index in [2.05, 4.69) is 44.4 Å². The van der Waals surface area contributed by atoms with Crippen LogP contribution in [0.2, 0.25) is 5.04 Å². The van der Waals surface area contributed by atoms with Crippen molar-refractivity contribution in [2.24, 2.45) is 0 Å². The molecule has 0 aromatic rings. The Morgan fingerprint density at radius 2 is 1.33 bits per heavy atom. The lowest BCUT2D eigenvalue weighted by molar-refractivity contribution is 0.837. The predicted molar refractivity (Wildman–Crippen MR) is 56.6 cm³/mol. The first-order chi connectivity index (χ1) is 5.45. The molecule has 1 aliphatic carbocycles. The van der Waals surface area contributed by atoms with Crippen LogP contribution < -0.4 is 0 Å². The van der Waals surface area contributed by atoms with Crippen LogP contribution in [0.4, 0.5) is 0 Å². The van der Waals surface area contributed by atoms with E-state index in [1.165, 1.54) is 22.3 Å². The van der Waals surface area contributed by atoms with Crippen LogP contribution >= 0.6 is 0 Å². The Morgan fingerprint density at radius 1 is 1.00 bits per heavy atom. The fourth-order valence-electron chi connectivity index (χ4n) is 1.78. The topological polar surface area (TPSA) is 0 Å². The number of rotatable bonds is 1. The zero-order chi connectivity index (χ0) is 9.52. The fourth-order valence-corrected chi connectivity index (χ4v) is 3.66. The highest BCUT2D eigenvalue weighted by Gasteiger charge is 2.34. The summed E-state index contributed by atoms with van der Waals surface area (Å²) >= 11 is 0. The van der Waals surface area contributed by atoms with Gasteiger partial charge in [-0.15, -0.1) is 0 Å². The van der Waals surface area contributed by atoms with Crippen molar-refractivity contribution in [1.82, 2.24) is 0 Å². The molecule has 0 aliphatic heterocycles. The second kappa shape index (κ2) is 3.00. The second-order valence-corrected chi connectivity index (χ2v) is 5.75. The number of hydrogen-bond donors (Lipinski definition) is 0. The van der Waals surface area contributed by atoms with Gasteiger partial charge in [0.2, 0.25) is 0 Å². The summed E-state index contributed by atoms with van der Waals surface area (Å²) in [7, 11) is 4.46. The van der Waals surface area contributed by atoms with E-state index in [1.54, 1.807) is 0 Å². The van der Waals surface area contributed by atoms with Crippen molar-refractivity contribution < 1.29 is 0 Å². The van der Waals surface area contributed by atoms with Crippen LogP contribution in [0.25, 0.3) is 0 Å². The lowest BCUT2D eigenvalue weighted by atomic mass is 9.98.